The predicted molar refractivity (Wildman–Crippen MR) is 120 cm³/mol. The molecule has 2 amide bonds. The summed E-state index contributed by atoms with van der Waals surface area (Å²) in [5, 5.41) is 12.2. The first kappa shape index (κ1) is 24.2. The molecule has 0 spiro atoms. The van der Waals surface area contributed by atoms with Crippen molar-refractivity contribution < 1.29 is 33.8 Å². The van der Waals surface area contributed by atoms with Crippen LogP contribution in [0.2, 0.25) is 0 Å². The summed E-state index contributed by atoms with van der Waals surface area (Å²) in [6.45, 7) is 7.70. The molecular formula is C22H25N3O7S. The van der Waals surface area contributed by atoms with Crippen molar-refractivity contribution >= 4 is 40.3 Å². The second-order valence-electron chi connectivity index (χ2n) is 8.24. The zero-order valence-electron chi connectivity index (χ0n) is 18.8. The molecule has 0 fully saturated rings. The van der Waals surface area contributed by atoms with Crippen LogP contribution in [-0.2, 0) is 22.4 Å². The zero-order chi connectivity index (χ0) is 24.3. The van der Waals surface area contributed by atoms with Gasteiger partial charge in [-0.2, -0.15) is 0 Å². The van der Waals surface area contributed by atoms with Gasteiger partial charge in [-0.25, -0.2) is 14.4 Å². The van der Waals surface area contributed by atoms with E-state index in [1.165, 1.54) is 23.2 Å². The van der Waals surface area contributed by atoms with Crippen LogP contribution >= 0.6 is 11.3 Å². The molecule has 0 radical (unpaired) electrons. The van der Waals surface area contributed by atoms with Crippen LogP contribution in [0.25, 0.3) is 0 Å². The molecule has 176 valence electrons. The number of fused-ring (bicyclic) bond motifs is 1. The molecule has 10 nitrogen and oxygen atoms in total. The van der Waals surface area contributed by atoms with E-state index in [-0.39, 0.29) is 35.0 Å². The molecule has 2 N–H and O–H groups in total. The number of carbonyl (C=O) groups is 4. The molecule has 3 heterocycles. The third-order valence-corrected chi connectivity index (χ3v) is 5.80. The lowest BCUT2D eigenvalue weighted by atomic mass is 10.0. The number of thiophene rings is 1. The van der Waals surface area contributed by atoms with Gasteiger partial charge in [0.25, 0.3) is 5.91 Å². The number of carbonyl (C=O) groups excluding carboxylic acids is 3. The number of carboxylic acid groups (broad SMARTS) is 1. The summed E-state index contributed by atoms with van der Waals surface area (Å²) >= 11 is 1.14. The van der Waals surface area contributed by atoms with E-state index in [1.54, 1.807) is 27.7 Å². The average Bonchev–Trinajstić information content (AvgIpc) is 3.09. The molecule has 0 bridgehead atoms. The lowest BCUT2D eigenvalue weighted by Gasteiger charge is -2.30. The first-order chi connectivity index (χ1) is 15.5. The van der Waals surface area contributed by atoms with Crippen molar-refractivity contribution in [3.05, 3.63) is 45.6 Å². The summed E-state index contributed by atoms with van der Waals surface area (Å²) in [4.78, 5) is 55.6. The number of nitrogens with one attached hydrogen (secondary N) is 1. The summed E-state index contributed by atoms with van der Waals surface area (Å²) in [5.74, 6) is -2.66. The van der Waals surface area contributed by atoms with E-state index in [9.17, 15) is 24.3 Å². The van der Waals surface area contributed by atoms with Gasteiger partial charge in [-0.3, -0.25) is 9.78 Å². The van der Waals surface area contributed by atoms with Gasteiger partial charge >= 0.3 is 18.0 Å². The minimum Gasteiger partial charge on any atom is -0.478 e. The Labute approximate surface area is 194 Å². The molecule has 0 unspecified atom stereocenters. The zero-order valence-corrected chi connectivity index (χ0v) is 19.6. The van der Waals surface area contributed by atoms with Gasteiger partial charge in [0.05, 0.1) is 24.3 Å². The minimum atomic E-state index is -1.29. The molecule has 2 aromatic rings. The molecule has 0 aliphatic carbocycles. The summed E-state index contributed by atoms with van der Waals surface area (Å²) in [7, 11) is 0. The van der Waals surface area contributed by atoms with E-state index >= 15 is 0 Å². The van der Waals surface area contributed by atoms with E-state index < -0.39 is 29.5 Å². The van der Waals surface area contributed by atoms with E-state index in [4.69, 9.17) is 9.47 Å². The monoisotopic (exact) mass is 475 g/mol. The Morgan fingerprint density at radius 1 is 1.27 bits per heavy atom. The van der Waals surface area contributed by atoms with Gasteiger partial charge in [-0.05, 0) is 51.8 Å². The van der Waals surface area contributed by atoms with Crippen LogP contribution in [0.5, 0.6) is 0 Å². The maximum atomic E-state index is 12.8. The number of aromatic carboxylic acids is 1. The quantitative estimate of drug-likeness (QED) is 0.627. The van der Waals surface area contributed by atoms with E-state index in [2.05, 4.69) is 10.3 Å². The molecule has 1 aliphatic heterocycles. The van der Waals surface area contributed by atoms with Crippen molar-refractivity contribution in [1.82, 2.24) is 9.88 Å². The molecule has 0 aromatic carbocycles. The number of esters is 1. The van der Waals surface area contributed by atoms with Gasteiger partial charge in [0.15, 0.2) is 0 Å². The Bertz CT molecular complexity index is 1100. The molecule has 1 aliphatic rings. The third-order valence-electron chi connectivity index (χ3n) is 4.67. The number of amides is 2. The van der Waals surface area contributed by atoms with Crippen LogP contribution in [0.4, 0.5) is 9.80 Å². The van der Waals surface area contributed by atoms with E-state index in [1.807, 2.05) is 0 Å². The van der Waals surface area contributed by atoms with Crippen molar-refractivity contribution in [3.63, 3.8) is 0 Å². The number of pyridine rings is 1. The largest absolute Gasteiger partial charge is 0.478 e. The highest BCUT2D eigenvalue weighted by Crippen LogP contribution is 2.38. The van der Waals surface area contributed by atoms with Crippen LogP contribution in [0, 0.1) is 0 Å². The summed E-state index contributed by atoms with van der Waals surface area (Å²) in [6.07, 6.45) is 1.22. The second kappa shape index (κ2) is 9.57. The summed E-state index contributed by atoms with van der Waals surface area (Å²) in [5.41, 5.74) is -0.284. The van der Waals surface area contributed by atoms with E-state index in [0.29, 0.717) is 23.4 Å². The highest BCUT2D eigenvalue weighted by atomic mass is 32.1. The first-order valence-corrected chi connectivity index (χ1v) is 11.1. The lowest BCUT2D eigenvalue weighted by molar-refractivity contribution is 0.0226. The number of rotatable bonds is 5. The Hall–Kier alpha value is -3.47. The number of aromatic nitrogens is 1. The Morgan fingerprint density at radius 2 is 2.00 bits per heavy atom. The smallest absolute Gasteiger partial charge is 0.410 e. The molecule has 2 aromatic heterocycles. The van der Waals surface area contributed by atoms with Gasteiger partial charge in [0, 0.05) is 17.6 Å². The fraction of sp³-hybridized carbons (Fsp3) is 0.409. The minimum absolute atomic E-state index is 0.143. The lowest BCUT2D eigenvalue weighted by Crippen LogP contribution is -2.39. The van der Waals surface area contributed by atoms with Gasteiger partial charge in [0.1, 0.15) is 16.3 Å². The van der Waals surface area contributed by atoms with Crippen molar-refractivity contribution in [2.75, 3.05) is 18.5 Å². The van der Waals surface area contributed by atoms with Crippen molar-refractivity contribution in [2.45, 2.75) is 46.3 Å². The third kappa shape index (κ3) is 5.48. The van der Waals surface area contributed by atoms with Gasteiger partial charge in [0.2, 0.25) is 0 Å². The number of anilines is 1. The van der Waals surface area contributed by atoms with Crippen LogP contribution < -0.4 is 5.32 Å². The Morgan fingerprint density at radius 3 is 2.64 bits per heavy atom. The Balaban J connectivity index is 1.93. The number of nitrogens with zero attached hydrogens (tertiary/aromatic N) is 2. The van der Waals surface area contributed by atoms with Gasteiger partial charge in [-0.15, -0.1) is 11.3 Å². The van der Waals surface area contributed by atoms with Crippen molar-refractivity contribution in [3.8, 4) is 0 Å². The van der Waals surface area contributed by atoms with Crippen molar-refractivity contribution in [2.24, 2.45) is 0 Å². The molecule has 3 rings (SSSR count). The van der Waals surface area contributed by atoms with E-state index in [0.717, 1.165) is 11.3 Å². The standard InChI is InChI=1S/C22H25N3O7S/c1-5-31-20(29)15-12-8-10-25(21(30)32-22(2,3)4)11-14(12)33-18(15)24-17(26)16-13(19(27)28)7-6-9-23-16/h6-7,9H,5,8,10-11H2,1-4H3,(H,24,26)(H,27,28). The van der Waals surface area contributed by atoms with Gasteiger partial charge in [-0.1, -0.05) is 0 Å². The number of carboxylic acids is 1. The van der Waals surface area contributed by atoms with Crippen molar-refractivity contribution in [1.29, 1.82) is 0 Å². The topological polar surface area (TPSA) is 135 Å². The number of ether oxygens (including phenoxy) is 2. The normalized spacial score (nSPS) is 13.2. The maximum Gasteiger partial charge on any atom is 0.410 e. The first-order valence-electron chi connectivity index (χ1n) is 10.3. The van der Waals surface area contributed by atoms with Crippen LogP contribution in [-0.4, -0.2) is 57.7 Å². The molecule has 33 heavy (non-hydrogen) atoms. The SMILES string of the molecule is CCOC(=O)c1c(NC(=O)c2ncccc2C(=O)O)sc2c1CCN(C(=O)OC(C)(C)C)C2. The molecule has 0 saturated carbocycles. The molecule has 11 heteroatoms. The fourth-order valence-corrected chi connectivity index (χ4v) is 4.56. The van der Waals surface area contributed by atoms with Crippen LogP contribution in [0.15, 0.2) is 18.3 Å². The maximum absolute atomic E-state index is 12.8. The van der Waals surface area contributed by atoms with Crippen LogP contribution in [0.1, 0.15) is 69.3 Å². The summed E-state index contributed by atoms with van der Waals surface area (Å²) in [6, 6.07) is 2.69. The number of hydrogen-bond donors (Lipinski definition) is 2. The number of hydrogen-bond acceptors (Lipinski definition) is 8. The molecule has 0 atom stereocenters. The Kier molecular flexibility index (Phi) is 7.01. The fourth-order valence-electron chi connectivity index (χ4n) is 3.31. The highest BCUT2D eigenvalue weighted by Gasteiger charge is 2.33. The van der Waals surface area contributed by atoms with Gasteiger partial charge < -0.3 is 24.8 Å². The second-order valence-corrected chi connectivity index (χ2v) is 9.34. The highest BCUT2D eigenvalue weighted by molar-refractivity contribution is 7.17. The molecule has 0 saturated heterocycles. The predicted octanol–water partition coefficient (Wildman–Crippen LogP) is 3.56. The van der Waals surface area contributed by atoms with Crippen LogP contribution in [0.3, 0.4) is 0 Å². The molecular weight excluding hydrogens is 450 g/mol. The average molecular weight is 476 g/mol. The summed E-state index contributed by atoms with van der Waals surface area (Å²) < 4.78 is 10.6.